The predicted molar refractivity (Wildman–Crippen MR) is 218 cm³/mol. The lowest BCUT2D eigenvalue weighted by Gasteiger charge is -2.40. The van der Waals surface area contributed by atoms with Crippen molar-refractivity contribution in [3.63, 3.8) is 0 Å². The molecule has 0 spiro atoms. The summed E-state index contributed by atoms with van der Waals surface area (Å²) in [6.45, 7) is 9.53. The van der Waals surface area contributed by atoms with Gasteiger partial charge in [0.2, 0.25) is 24.3 Å². The van der Waals surface area contributed by atoms with E-state index in [1.807, 2.05) is 27.7 Å². The summed E-state index contributed by atoms with van der Waals surface area (Å²) in [4.78, 5) is 12.9. The number of halogens is 2. The SMILES string of the molecule is COc1ccc(Cc2c(O[C@H]3O[C@H](COC(=O)OC[C@H]4O[C@H](Oc5nn(C(C)C)c(C)c5Cc5ccc(OC)cc5F)[C@H](O)[C@H](O)[C@H]4O)[C@H](O)[C@@H](O)[C@H]3O)nn(C(C)C)c2C)c(F)c1. The predicted octanol–water partition coefficient (Wildman–Crippen LogP) is 2.56. The summed E-state index contributed by atoms with van der Waals surface area (Å²) >= 11 is 0. The Morgan fingerprint density at radius 2 is 1.02 bits per heavy atom. The van der Waals surface area contributed by atoms with E-state index in [1.165, 1.54) is 26.4 Å². The highest BCUT2D eigenvalue weighted by Crippen LogP contribution is 2.34. The third-order valence-corrected chi connectivity index (χ3v) is 11.2. The van der Waals surface area contributed by atoms with Crippen molar-refractivity contribution in [2.45, 2.75) is 128 Å². The number of aliphatic hydroxyl groups is 6. The van der Waals surface area contributed by atoms with Crippen molar-refractivity contribution in [3.05, 3.63) is 81.7 Å². The standard InChI is InChI=1S/C43H56F2N4O15/c1-19(2)48-21(5)27(13-23-9-11-25(57-7)15-29(23)44)39(46-48)63-41-37(54)35(52)33(50)31(61-41)17-59-43(56)60-18-32-34(51)36(53)38(55)42(62-32)64-40-28(22(6)49(47-40)20(3)4)14-24-10-12-26(58-8)16-30(24)45/h9-12,15-16,19-20,31-38,41-42,50-55H,13-14,17-18H2,1-8H3/t31-,32-,33+,34+,35-,36-,37-,38-,41-,42-/m1/s1. The fourth-order valence-electron chi connectivity index (χ4n) is 7.50. The van der Waals surface area contributed by atoms with Gasteiger partial charge in [0.25, 0.3) is 0 Å². The van der Waals surface area contributed by atoms with Crippen molar-refractivity contribution in [2.24, 2.45) is 0 Å². The first-order valence-corrected chi connectivity index (χ1v) is 20.7. The van der Waals surface area contributed by atoms with E-state index in [-0.39, 0.29) is 36.7 Å². The van der Waals surface area contributed by atoms with Gasteiger partial charge in [0, 0.05) is 59.6 Å². The minimum atomic E-state index is -1.85. The highest BCUT2D eigenvalue weighted by Gasteiger charge is 2.48. The van der Waals surface area contributed by atoms with Gasteiger partial charge in [-0.25, -0.2) is 13.6 Å². The average Bonchev–Trinajstić information content (AvgIpc) is 3.74. The maximum Gasteiger partial charge on any atom is 0.508 e. The molecule has 2 aromatic heterocycles. The Hall–Kier alpha value is -5.13. The van der Waals surface area contributed by atoms with Crippen molar-refractivity contribution in [2.75, 3.05) is 27.4 Å². The molecule has 6 N–H and O–H groups in total. The summed E-state index contributed by atoms with van der Waals surface area (Å²) in [6, 6.07) is 8.46. The molecule has 2 aliphatic heterocycles. The van der Waals surface area contributed by atoms with E-state index in [4.69, 9.17) is 37.9 Å². The fourth-order valence-corrected chi connectivity index (χ4v) is 7.50. The minimum Gasteiger partial charge on any atom is -0.497 e. The van der Waals surface area contributed by atoms with Crippen molar-refractivity contribution in [1.82, 2.24) is 19.6 Å². The van der Waals surface area contributed by atoms with Gasteiger partial charge in [-0.05, 0) is 64.8 Å². The van der Waals surface area contributed by atoms with Crippen LogP contribution in [0.2, 0.25) is 0 Å². The number of hydrogen-bond donors (Lipinski definition) is 6. The molecule has 0 radical (unpaired) electrons. The third-order valence-electron chi connectivity index (χ3n) is 11.2. The second kappa shape index (κ2) is 20.4. The Labute approximate surface area is 367 Å². The van der Waals surface area contributed by atoms with Crippen molar-refractivity contribution >= 4 is 6.16 Å². The topological polar surface area (TPSA) is 248 Å². The molecule has 0 bridgehead atoms. The second-order valence-corrected chi connectivity index (χ2v) is 16.2. The van der Waals surface area contributed by atoms with Gasteiger partial charge in [-0.3, -0.25) is 9.36 Å². The fraction of sp³-hybridized carbons (Fsp3) is 0.558. The summed E-state index contributed by atoms with van der Waals surface area (Å²) < 4.78 is 77.4. The van der Waals surface area contributed by atoms with Crippen LogP contribution in [0, 0.1) is 25.5 Å². The molecule has 6 rings (SSSR count). The molecule has 2 fully saturated rings. The van der Waals surface area contributed by atoms with Crippen LogP contribution in [0.1, 0.15) is 73.4 Å². The first kappa shape index (κ1) is 48.3. The molecule has 64 heavy (non-hydrogen) atoms. The Kier molecular flexibility index (Phi) is 15.4. The van der Waals surface area contributed by atoms with Gasteiger partial charge in [-0.15, -0.1) is 10.2 Å². The number of carbonyl (C=O) groups excluding carboxylic acids is 1. The van der Waals surface area contributed by atoms with Gasteiger partial charge in [0.1, 0.15) is 85.2 Å². The van der Waals surface area contributed by atoms with Crippen LogP contribution in [0.25, 0.3) is 0 Å². The maximum absolute atomic E-state index is 15.0. The Bertz CT molecular complexity index is 2090. The van der Waals surface area contributed by atoms with Gasteiger partial charge in [0.05, 0.1) is 14.2 Å². The minimum absolute atomic E-state index is 0.0212. The highest BCUT2D eigenvalue weighted by molar-refractivity contribution is 5.59. The molecule has 0 unspecified atom stereocenters. The molecule has 4 heterocycles. The zero-order valence-electron chi connectivity index (χ0n) is 36.6. The van der Waals surface area contributed by atoms with E-state index in [0.717, 1.165) is 0 Å². The molecule has 2 aliphatic rings. The number of hydrogen-bond acceptors (Lipinski definition) is 17. The lowest BCUT2D eigenvalue weighted by atomic mass is 9.99. The number of ether oxygens (including phenoxy) is 8. The smallest absolute Gasteiger partial charge is 0.497 e. The number of rotatable bonds is 16. The summed E-state index contributed by atoms with van der Waals surface area (Å²) in [5.74, 6) is -0.511. The number of nitrogens with zero attached hydrogens (tertiary/aromatic N) is 4. The van der Waals surface area contributed by atoms with Crippen LogP contribution in [0.5, 0.6) is 23.3 Å². The quantitative estimate of drug-likeness (QED) is 0.0885. The van der Waals surface area contributed by atoms with Gasteiger partial charge < -0.3 is 68.5 Å². The van der Waals surface area contributed by atoms with Crippen LogP contribution in [-0.2, 0) is 31.8 Å². The number of aromatic nitrogens is 4. The van der Waals surface area contributed by atoms with Gasteiger partial charge in [-0.1, -0.05) is 12.1 Å². The highest BCUT2D eigenvalue weighted by atomic mass is 19.1. The molecular formula is C43H56F2N4O15. The summed E-state index contributed by atoms with van der Waals surface area (Å²) in [6.07, 6.45) is -18.4. The molecule has 21 heteroatoms. The van der Waals surface area contributed by atoms with E-state index in [9.17, 15) is 35.4 Å². The normalized spacial score (nSPS) is 26.0. The Morgan fingerprint density at radius 3 is 1.34 bits per heavy atom. The zero-order valence-corrected chi connectivity index (χ0v) is 36.6. The van der Waals surface area contributed by atoms with Crippen LogP contribution in [0.15, 0.2) is 36.4 Å². The third kappa shape index (κ3) is 10.4. The average molecular weight is 907 g/mol. The zero-order chi connectivity index (χ0) is 46.7. The van der Waals surface area contributed by atoms with Crippen molar-refractivity contribution in [3.8, 4) is 23.3 Å². The number of aliphatic hydroxyl groups excluding tert-OH is 6. The Morgan fingerprint density at radius 1 is 0.641 bits per heavy atom. The number of methoxy groups -OCH3 is 2. The summed E-state index contributed by atoms with van der Waals surface area (Å²) in [5.41, 5.74) is 2.75. The van der Waals surface area contributed by atoms with E-state index in [0.29, 0.717) is 45.1 Å². The van der Waals surface area contributed by atoms with Crippen molar-refractivity contribution < 1.29 is 82.1 Å². The molecule has 0 aliphatic carbocycles. The van der Waals surface area contributed by atoms with Gasteiger partial charge in [-0.2, -0.15) is 0 Å². The number of carbonyl (C=O) groups is 1. The molecular weight excluding hydrogens is 850 g/mol. The van der Waals surface area contributed by atoms with Crippen LogP contribution in [-0.4, -0.2) is 145 Å². The van der Waals surface area contributed by atoms with E-state index in [1.54, 1.807) is 47.5 Å². The lowest BCUT2D eigenvalue weighted by molar-refractivity contribution is -0.281. The van der Waals surface area contributed by atoms with Crippen LogP contribution >= 0.6 is 0 Å². The van der Waals surface area contributed by atoms with Gasteiger partial charge in [0.15, 0.2) is 0 Å². The molecule has 2 saturated heterocycles. The maximum atomic E-state index is 15.0. The second-order valence-electron chi connectivity index (χ2n) is 16.2. The molecule has 352 valence electrons. The van der Waals surface area contributed by atoms with Crippen LogP contribution < -0.4 is 18.9 Å². The van der Waals surface area contributed by atoms with Crippen LogP contribution in [0.3, 0.4) is 0 Å². The molecule has 10 atom stereocenters. The van der Waals surface area contributed by atoms with E-state index >= 15 is 8.78 Å². The lowest BCUT2D eigenvalue weighted by Crippen LogP contribution is -2.60. The number of benzene rings is 2. The molecule has 4 aromatic rings. The molecule has 2 aromatic carbocycles. The van der Waals surface area contributed by atoms with Crippen LogP contribution in [0.4, 0.5) is 13.6 Å². The summed E-state index contributed by atoms with van der Waals surface area (Å²) in [5, 5.41) is 73.8. The molecule has 19 nitrogen and oxygen atoms in total. The monoisotopic (exact) mass is 906 g/mol. The first-order valence-electron chi connectivity index (χ1n) is 20.7. The van der Waals surface area contributed by atoms with E-state index in [2.05, 4.69) is 10.2 Å². The largest absolute Gasteiger partial charge is 0.508 e. The van der Waals surface area contributed by atoms with Crippen molar-refractivity contribution in [1.29, 1.82) is 0 Å². The summed E-state index contributed by atoms with van der Waals surface area (Å²) in [7, 11) is 2.84. The first-order chi connectivity index (χ1) is 30.3. The van der Waals surface area contributed by atoms with Gasteiger partial charge >= 0.3 is 6.16 Å². The molecule has 0 amide bonds. The molecule has 0 saturated carbocycles. The Balaban J connectivity index is 1.10. The van der Waals surface area contributed by atoms with E-state index < -0.39 is 92.4 Å².